The van der Waals surface area contributed by atoms with Crippen molar-refractivity contribution in [1.29, 1.82) is 0 Å². The van der Waals surface area contributed by atoms with Gasteiger partial charge < -0.3 is 15.2 Å². The number of rotatable bonds is 5. The highest BCUT2D eigenvalue weighted by Gasteiger charge is 2.09. The number of amides is 2. The van der Waals surface area contributed by atoms with Gasteiger partial charge in [-0.05, 0) is 74.2 Å². The average molecular weight is 361 g/mol. The summed E-state index contributed by atoms with van der Waals surface area (Å²) in [4.78, 5) is 12.2. The highest BCUT2D eigenvalue weighted by Crippen LogP contribution is 2.19. The molecular weight excluding hydrogens is 334 g/mol. The third kappa shape index (κ3) is 4.79. The van der Waals surface area contributed by atoms with Gasteiger partial charge >= 0.3 is 6.03 Å². The van der Waals surface area contributed by atoms with Gasteiger partial charge in [-0.25, -0.2) is 4.79 Å². The predicted octanol–water partition coefficient (Wildman–Crippen LogP) is 5.09. The fourth-order valence-corrected chi connectivity index (χ4v) is 3.46. The van der Waals surface area contributed by atoms with E-state index >= 15 is 0 Å². The van der Waals surface area contributed by atoms with Crippen molar-refractivity contribution in [2.75, 3.05) is 5.32 Å². The maximum Gasteiger partial charge on any atom is 0.319 e. The van der Waals surface area contributed by atoms with Crippen LogP contribution in [0.1, 0.15) is 33.5 Å². The summed E-state index contributed by atoms with van der Waals surface area (Å²) in [5, 5.41) is 5.83. The minimum absolute atomic E-state index is 0.198. The summed E-state index contributed by atoms with van der Waals surface area (Å²) < 4.78 is 2.19. The van der Waals surface area contributed by atoms with Crippen LogP contribution in [0.4, 0.5) is 10.5 Å². The maximum atomic E-state index is 12.2. The van der Waals surface area contributed by atoms with E-state index in [2.05, 4.69) is 54.3 Å². The standard InChI is InChI=1S/C23H27N3O/c1-16-7-5-8-20(13-16)25-23(27)24-14-21-9-6-10-26(21)15-22-18(3)11-17(2)12-19(22)4/h5-13H,14-15H2,1-4H3,(H2,24,25,27). The molecule has 27 heavy (non-hydrogen) atoms. The third-order valence-corrected chi connectivity index (χ3v) is 4.80. The molecule has 0 spiro atoms. The minimum atomic E-state index is -0.198. The second-order valence-electron chi connectivity index (χ2n) is 7.18. The summed E-state index contributed by atoms with van der Waals surface area (Å²) in [5.41, 5.74) is 8.22. The number of carbonyl (C=O) groups is 1. The SMILES string of the molecule is Cc1cccc(NC(=O)NCc2cccn2Cc2c(C)cc(C)cc2C)c1. The van der Waals surface area contributed by atoms with Gasteiger partial charge in [0.25, 0.3) is 0 Å². The zero-order valence-corrected chi connectivity index (χ0v) is 16.5. The Kier molecular flexibility index (Phi) is 5.65. The Morgan fingerprint density at radius 1 is 0.926 bits per heavy atom. The van der Waals surface area contributed by atoms with Gasteiger partial charge in [-0.15, -0.1) is 0 Å². The molecule has 4 heteroatoms. The number of carbonyl (C=O) groups excluding carboxylic acids is 1. The molecule has 0 saturated carbocycles. The number of benzene rings is 2. The molecule has 0 aliphatic heterocycles. The monoisotopic (exact) mass is 361 g/mol. The lowest BCUT2D eigenvalue weighted by Crippen LogP contribution is -2.29. The average Bonchev–Trinajstić information content (AvgIpc) is 3.03. The van der Waals surface area contributed by atoms with Gasteiger partial charge in [-0.2, -0.15) is 0 Å². The lowest BCUT2D eigenvalue weighted by atomic mass is 10.00. The quantitative estimate of drug-likeness (QED) is 0.653. The number of hydrogen-bond donors (Lipinski definition) is 2. The van der Waals surface area contributed by atoms with Crippen molar-refractivity contribution < 1.29 is 4.79 Å². The molecule has 0 bridgehead atoms. The molecule has 140 valence electrons. The maximum absolute atomic E-state index is 12.2. The molecule has 2 N–H and O–H groups in total. The lowest BCUT2D eigenvalue weighted by molar-refractivity contribution is 0.251. The van der Waals surface area contributed by atoms with Crippen molar-refractivity contribution in [3.05, 3.63) is 88.2 Å². The Morgan fingerprint density at radius 2 is 1.67 bits per heavy atom. The van der Waals surface area contributed by atoms with Crippen LogP contribution in [0.25, 0.3) is 0 Å². The first kappa shape index (κ1) is 18.8. The number of nitrogens with zero attached hydrogens (tertiary/aromatic N) is 1. The molecule has 0 fully saturated rings. The van der Waals surface area contributed by atoms with Crippen molar-refractivity contribution in [1.82, 2.24) is 9.88 Å². The lowest BCUT2D eigenvalue weighted by Gasteiger charge is -2.15. The fourth-order valence-electron chi connectivity index (χ4n) is 3.46. The van der Waals surface area contributed by atoms with E-state index in [-0.39, 0.29) is 6.03 Å². The van der Waals surface area contributed by atoms with Crippen LogP contribution in [0, 0.1) is 27.7 Å². The zero-order valence-electron chi connectivity index (χ0n) is 16.5. The Bertz CT molecular complexity index is 933. The van der Waals surface area contributed by atoms with E-state index in [9.17, 15) is 4.79 Å². The van der Waals surface area contributed by atoms with Gasteiger partial charge in [0.05, 0.1) is 6.54 Å². The Labute approximate surface area is 161 Å². The zero-order chi connectivity index (χ0) is 19.4. The second kappa shape index (κ2) is 8.12. The third-order valence-electron chi connectivity index (χ3n) is 4.80. The van der Waals surface area contributed by atoms with Crippen molar-refractivity contribution in [2.45, 2.75) is 40.8 Å². The molecule has 3 aromatic rings. The van der Waals surface area contributed by atoms with Crippen molar-refractivity contribution in [3.8, 4) is 0 Å². The smallest absolute Gasteiger partial charge is 0.319 e. The molecule has 0 atom stereocenters. The molecule has 2 amide bonds. The van der Waals surface area contributed by atoms with Crippen LogP contribution in [-0.2, 0) is 13.1 Å². The van der Waals surface area contributed by atoms with Crippen LogP contribution in [0.3, 0.4) is 0 Å². The molecule has 0 radical (unpaired) electrons. The minimum Gasteiger partial charge on any atom is -0.345 e. The van der Waals surface area contributed by atoms with E-state index in [1.165, 1.54) is 22.3 Å². The normalized spacial score (nSPS) is 10.7. The Balaban J connectivity index is 1.65. The number of aromatic nitrogens is 1. The Hall–Kier alpha value is -3.01. The van der Waals surface area contributed by atoms with Crippen LogP contribution in [-0.4, -0.2) is 10.6 Å². The summed E-state index contributed by atoms with van der Waals surface area (Å²) >= 11 is 0. The predicted molar refractivity (Wildman–Crippen MR) is 111 cm³/mol. The molecule has 0 saturated heterocycles. The molecule has 0 unspecified atom stereocenters. The van der Waals surface area contributed by atoms with Crippen molar-refractivity contribution >= 4 is 11.7 Å². The summed E-state index contributed by atoms with van der Waals surface area (Å²) in [5.74, 6) is 0. The molecular formula is C23H27N3O. The number of aryl methyl sites for hydroxylation is 4. The summed E-state index contributed by atoms with van der Waals surface area (Å²) in [6.45, 7) is 9.74. The van der Waals surface area contributed by atoms with Crippen LogP contribution >= 0.6 is 0 Å². The Morgan fingerprint density at radius 3 is 2.37 bits per heavy atom. The van der Waals surface area contributed by atoms with Crippen LogP contribution in [0.15, 0.2) is 54.7 Å². The van der Waals surface area contributed by atoms with E-state index in [1.807, 2.05) is 43.3 Å². The van der Waals surface area contributed by atoms with Gasteiger partial charge in [0.1, 0.15) is 0 Å². The number of urea groups is 1. The first-order valence-electron chi connectivity index (χ1n) is 9.24. The highest BCUT2D eigenvalue weighted by atomic mass is 16.2. The van der Waals surface area contributed by atoms with E-state index in [4.69, 9.17) is 0 Å². The van der Waals surface area contributed by atoms with Crippen molar-refractivity contribution in [3.63, 3.8) is 0 Å². The highest BCUT2D eigenvalue weighted by molar-refractivity contribution is 5.89. The van der Waals surface area contributed by atoms with Crippen LogP contribution in [0.5, 0.6) is 0 Å². The van der Waals surface area contributed by atoms with Gasteiger partial charge in [0.15, 0.2) is 0 Å². The number of hydrogen-bond acceptors (Lipinski definition) is 1. The van der Waals surface area contributed by atoms with Crippen LogP contribution < -0.4 is 10.6 Å². The molecule has 3 rings (SSSR count). The number of nitrogens with one attached hydrogen (secondary N) is 2. The summed E-state index contributed by atoms with van der Waals surface area (Å²) in [6.07, 6.45) is 2.06. The van der Waals surface area contributed by atoms with Crippen molar-refractivity contribution in [2.24, 2.45) is 0 Å². The molecule has 1 aromatic heterocycles. The fraction of sp³-hybridized carbons (Fsp3) is 0.261. The van der Waals surface area contributed by atoms with E-state index in [0.29, 0.717) is 6.54 Å². The summed E-state index contributed by atoms with van der Waals surface area (Å²) in [6, 6.07) is 16.1. The number of anilines is 1. The van der Waals surface area contributed by atoms with E-state index in [0.717, 1.165) is 23.5 Å². The van der Waals surface area contributed by atoms with Crippen LogP contribution in [0.2, 0.25) is 0 Å². The van der Waals surface area contributed by atoms with E-state index in [1.54, 1.807) is 0 Å². The van der Waals surface area contributed by atoms with E-state index < -0.39 is 0 Å². The summed E-state index contributed by atoms with van der Waals surface area (Å²) in [7, 11) is 0. The first-order chi connectivity index (χ1) is 12.9. The van der Waals surface area contributed by atoms with Gasteiger partial charge in [-0.3, -0.25) is 0 Å². The molecule has 2 aromatic carbocycles. The largest absolute Gasteiger partial charge is 0.345 e. The van der Waals surface area contributed by atoms with Gasteiger partial charge in [0.2, 0.25) is 0 Å². The molecule has 0 aliphatic carbocycles. The van der Waals surface area contributed by atoms with Gasteiger partial charge in [-0.1, -0.05) is 29.8 Å². The first-order valence-corrected chi connectivity index (χ1v) is 9.24. The second-order valence-corrected chi connectivity index (χ2v) is 7.18. The molecule has 1 heterocycles. The molecule has 0 aliphatic rings. The molecule has 4 nitrogen and oxygen atoms in total. The topological polar surface area (TPSA) is 46.1 Å². The van der Waals surface area contributed by atoms with Gasteiger partial charge in [0, 0.05) is 24.1 Å².